The van der Waals surface area contributed by atoms with Crippen LogP contribution in [-0.4, -0.2) is 18.4 Å². The zero-order valence-electron chi connectivity index (χ0n) is 17.6. The maximum atomic E-state index is 6.19. The van der Waals surface area contributed by atoms with Gasteiger partial charge in [0.1, 0.15) is 6.61 Å². The van der Waals surface area contributed by atoms with Gasteiger partial charge in [0.05, 0.1) is 13.3 Å². The largest absolute Gasteiger partial charge is 0.493 e. The highest BCUT2D eigenvalue weighted by molar-refractivity contribution is 7.80. The van der Waals surface area contributed by atoms with Crippen LogP contribution in [0.3, 0.4) is 0 Å². The fraction of sp³-hybridized carbons (Fsp3) is 0.167. The molecule has 2 N–H and O–H groups in total. The summed E-state index contributed by atoms with van der Waals surface area (Å²) in [6, 6.07) is 19.3. The van der Waals surface area contributed by atoms with Gasteiger partial charge in [-0.1, -0.05) is 47.5 Å². The molecule has 0 spiro atoms. The molecule has 3 aromatic carbocycles. The van der Waals surface area contributed by atoms with Crippen molar-refractivity contribution in [3.63, 3.8) is 0 Å². The van der Waals surface area contributed by atoms with Crippen molar-refractivity contribution in [1.29, 1.82) is 0 Å². The summed E-state index contributed by atoms with van der Waals surface area (Å²) in [5.41, 5.74) is 7.84. The SMILES string of the molecule is COc1cc(C=NNC(=S)Nc2ccc(C)cc2C)ccc1OCc1ccccc1Cl. The van der Waals surface area contributed by atoms with Crippen molar-refractivity contribution in [2.24, 2.45) is 5.10 Å². The van der Waals surface area contributed by atoms with E-state index in [0.717, 1.165) is 22.4 Å². The Morgan fingerprint density at radius 1 is 1.06 bits per heavy atom. The van der Waals surface area contributed by atoms with Crippen molar-refractivity contribution in [2.45, 2.75) is 20.5 Å². The molecular weight excluding hydrogens is 430 g/mol. The number of hydrazone groups is 1. The average molecular weight is 454 g/mol. The van der Waals surface area contributed by atoms with E-state index in [9.17, 15) is 0 Å². The summed E-state index contributed by atoms with van der Waals surface area (Å²) in [6.07, 6.45) is 1.66. The Morgan fingerprint density at radius 3 is 2.61 bits per heavy atom. The minimum absolute atomic E-state index is 0.351. The molecule has 0 saturated heterocycles. The number of halogens is 1. The number of anilines is 1. The number of nitrogens with one attached hydrogen (secondary N) is 2. The van der Waals surface area contributed by atoms with Crippen LogP contribution in [0.5, 0.6) is 11.5 Å². The quantitative estimate of drug-likeness (QED) is 0.266. The molecule has 5 nitrogen and oxygen atoms in total. The van der Waals surface area contributed by atoms with Crippen LogP contribution in [-0.2, 0) is 6.61 Å². The third-order valence-corrected chi connectivity index (χ3v) is 5.10. The van der Waals surface area contributed by atoms with Crippen molar-refractivity contribution in [1.82, 2.24) is 5.43 Å². The molecule has 0 amide bonds. The molecule has 0 unspecified atom stereocenters. The van der Waals surface area contributed by atoms with E-state index < -0.39 is 0 Å². The molecule has 7 heteroatoms. The smallest absolute Gasteiger partial charge is 0.191 e. The van der Waals surface area contributed by atoms with Gasteiger partial charge in [-0.3, -0.25) is 5.43 Å². The lowest BCUT2D eigenvalue weighted by molar-refractivity contribution is 0.284. The van der Waals surface area contributed by atoms with Crippen LogP contribution in [0.2, 0.25) is 5.02 Å². The zero-order valence-corrected chi connectivity index (χ0v) is 19.2. The molecular formula is C24H24ClN3O2S. The summed E-state index contributed by atoms with van der Waals surface area (Å²) in [5, 5.41) is 8.43. The number of methoxy groups -OCH3 is 1. The van der Waals surface area contributed by atoms with E-state index in [1.165, 1.54) is 5.56 Å². The van der Waals surface area contributed by atoms with Crippen molar-refractivity contribution in [2.75, 3.05) is 12.4 Å². The number of ether oxygens (including phenoxy) is 2. The maximum Gasteiger partial charge on any atom is 0.191 e. The second-order valence-electron chi connectivity index (χ2n) is 6.93. The van der Waals surface area contributed by atoms with Crippen LogP contribution in [0.1, 0.15) is 22.3 Å². The topological polar surface area (TPSA) is 54.9 Å². The Bertz CT molecular complexity index is 1100. The number of thiocarbonyl (C=S) groups is 1. The highest BCUT2D eigenvalue weighted by Gasteiger charge is 2.07. The Balaban J connectivity index is 1.59. The Labute approximate surface area is 193 Å². The molecule has 160 valence electrons. The highest BCUT2D eigenvalue weighted by atomic mass is 35.5. The van der Waals surface area contributed by atoms with Gasteiger partial charge in [-0.2, -0.15) is 5.10 Å². The number of nitrogens with zero attached hydrogens (tertiary/aromatic N) is 1. The molecule has 0 aromatic heterocycles. The predicted octanol–water partition coefficient (Wildman–Crippen LogP) is 5.86. The van der Waals surface area contributed by atoms with Crippen LogP contribution in [0, 0.1) is 13.8 Å². The van der Waals surface area contributed by atoms with E-state index in [4.69, 9.17) is 33.3 Å². The first-order valence-corrected chi connectivity index (χ1v) is 10.5. The van der Waals surface area contributed by atoms with Crippen molar-refractivity contribution >= 4 is 40.8 Å². The lowest BCUT2D eigenvalue weighted by atomic mass is 10.1. The maximum absolute atomic E-state index is 6.19. The normalized spacial score (nSPS) is 10.7. The van der Waals surface area contributed by atoms with E-state index in [0.29, 0.717) is 28.2 Å². The third-order valence-electron chi connectivity index (χ3n) is 4.54. The lowest BCUT2D eigenvalue weighted by Crippen LogP contribution is -2.24. The number of hydrogen-bond donors (Lipinski definition) is 2. The molecule has 0 saturated carbocycles. The van der Waals surface area contributed by atoms with Crippen molar-refractivity contribution < 1.29 is 9.47 Å². The summed E-state index contributed by atoms with van der Waals surface area (Å²) < 4.78 is 11.3. The minimum Gasteiger partial charge on any atom is -0.493 e. The summed E-state index contributed by atoms with van der Waals surface area (Å²) in [5.74, 6) is 1.23. The molecule has 0 atom stereocenters. The number of benzene rings is 3. The fourth-order valence-corrected chi connectivity index (χ4v) is 3.28. The molecule has 0 aliphatic heterocycles. The van der Waals surface area contributed by atoms with Gasteiger partial charge in [0.15, 0.2) is 16.6 Å². The first-order valence-electron chi connectivity index (χ1n) is 9.68. The van der Waals surface area contributed by atoms with Crippen molar-refractivity contribution in [3.8, 4) is 11.5 Å². The van der Waals surface area contributed by atoms with E-state index in [1.54, 1.807) is 13.3 Å². The van der Waals surface area contributed by atoms with Gasteiger partial charge >= 0.3 is 0 Å². The van der Waals surface area contributed by atoms with E-state index in [2.05, 4.69) is 28.8 Å². The fourth-order valence-electron chi connectivity index (χ4n) is 2.92. The van der Waals surface area contributed by atoms with Gasteiger partial charge in [0.25, 0.3) is 0 Å². The third kappa shape index (κ3) is 6.44. The Hall–Kier alpha value is -3.09. The van der Waals surface area contributed by atoms with Crippen LogP contribution < -0.4 is 20.2 Å². The zero-order chi connectivity index (χ0) is 22.2. The van der Waals surface area contributed by atoms with Crippen LogP contribution in [0.15, 0.2) is 65.8 Å². The van der Waals surface area contributed by atoms with Crippen molar-refractivity contribution in [3.05, 3.63) is 87.9 Å². The second-order valence-corrected chi connectivity index (χ2v) is 7.75. The summed E-state index contributed by atoms with van der Waals surface area (Å²) in [7, 11) is 1.60. The predicted molar refractivity (Wildman–Crippen MR) is 132 cm³/mol. The number of aryl methyl sites for hydroxylation is 2. The van der Waals surface area contributed by atoms with Gasteiger partial charge in [-0.15, -0.1) is 0 Å². The molecule has 3 rings (SSSR count). The van der Waals surface area contributed by atoms with E-state index in [1.807, 2.05) is 61.5 Å². The van der Waals surface area contributed by atoms with Gasteiger partial charge in [-0.05, 0) is 67.5 Å². The van der Waals surface area contributed by atoms with Crippen LogP contribution >= 0.6 is 23.8 Å². The molecule has 0 heterocycles. The van der Waals surface area contributed by atoms with Crippen LogP contribution in [0.4, 0.5) is 5.69 Å². The minimum atomic E-state index is 0.351. The average Bonchev–Trinajstić information content (AvgIpc) is 2.75. The summed E-state index contributed by atoms with van der Waals surface area (Å²) in [4.78, 5) is 0. The Morgan fingerprint density at radius 2 is 1.87 bits per heavy atom. The van der Waals surface area contributed by atoms with Gasteiger partial charge in [-0.25, -0.2) is 0 Å². The summed E-state index contributed by atoms with van der Waals surface area (Å²) >= 11 is 11.5. The van der Waals surface area contributed by atoms with Gasteiger partial charge < -0.3 is 14.8 Å². The lowest BCUT2D eigenvalue weighted by Gasteiger charge is -2.12. The first-order chi connectivity index (χ1) is 15.0. The van der Waals surface area contributed by atoms with Gasteiger partial charge in [0, 0.05) is 16.3 Å². The summed E-state index contributed by atoms with van der Waals surface area (Å²) in [6.45, 7) is 4.44. The first kappa shape index (κ1) is 22.6. The monoisotopic (exact) mass is 453 g/mol. The number of hydrogen-bond acceptors (Lipinski definition) is 4. The van der Waals surface area contributed by atoms with Crippen LogP contribution in [0.25, 0.3) is 0 Å². The molecule has 0 aliphatic carbocycles. The van der Waals surface area contributed by atoms with Gasteiger partial charge in [0.2, 0.25) is 0 Å². The van der Waals surface area contributed by atoms with E-state index in [-0.39, 0.29) is 0 Å². The molecule has 0 bridgehead atoms. The molecule has 31 heavy (non-hydrogen) atoms. The highest BCUT2D eigenvalue weighted by Crippen LogP contribution is 2.29. The van der Waals surface area contributed by atoms with E-state index >= 15 is 0 Å². The number of rotatable bonds is 7. The Kier molecular flexibility index (Phi) is 7.87. The molecule has 3 aromatic rings. The second kappa shape index (κ2) is 10.8. The molecule has 0 aliphatic rings. The molecule has 0 fully saturated rings. The standard InChI is InChI=1S/C24H24ClN3O2S/c1-16-8-10-21(17(2)12-16)27-24(31)28-26-14-18-9-11-22(23(13-18)29-3)30-15-19-6-4-5-7-20(19)25/h4-14H,15H2,1-3H3,(H2,27,28,31). The molecule has 0 radical (unpaired) electrons.